The van der Waals surface area contributed by atoms with Gasteiger partial charge in [0.15, 0.2) is 10.8 Å². The molecule has 1 atom stereocenters. The number of nitrogens with one attached hydrogen (secondary N) is 3. The second-order valence-corrected chi connectivity index (χ2v) is 8.68. The summed E-state index contributed by atoms with van der Waals surface area (Å²) >= 11 is 5.29. The van der Waals surface area contributed by atoms with Crippen molar-refractivity contribution in [1.29, 1.82) is 0 Å². The number of nitrogens with zero attached hydrogens (tertiary/aromatic N) is 3. The zero-order valence-electron chi connectivity index (χ0n) is 16.5. The molecule has 0 aromatic carbocycles. The van der Waals surface area contributed by atoms with E-state index in [0.29, 0.717) is 29.1 Å². The summed E-state index contributed by atoms with van der Waals surface area (Å²) in [4.78, 5) is 17.9. The number of hydrazine groups is 1. The van der Waals surface area contributed by atoms with E-state index in [0.717, 1.165) is 67.6 Å². The van der Waals surface area contributed by atoms with Crippen LogP contribution in [0.5, 0.6) is 0 Å². The molecule has 2 aliphatic carbocycles. The standard InChI is InChI=1S/C20H26N6O2S/c1-26-18-16(17(25-26)12-6-7-12)14(9-15(22-18)11-4-5-11)19(27)23-24-20(29)21-10-13-3-2-8-28-13/h9,11-13H,2-8,10H2,1H3,(H,23,27)(H2,21,24,29). The molecule has 9 heteroatoms. The molecule has 1 amide bonds. The lowest BCUT2D eigenvalue weighted by atomic mass is 10.1. The van der Waals surface area contributed by atoms with Crippen LogP contribution in [0.4, 0.5) is 0 Å². The predicted octanol–water partition coefficient (Wildman–Crippen LogP) is 2.01. The van der Waals surface area contributed by atoms with Crippen molar-refractivity contribution in [1.82, 2.24) is 30.9 Å². The van der Waals surface area contributed by atoms with E-state index in [1.54, 1.807) is 0 Å². The maximum absolute atomic E-state index is 13.1. The lowest BCUT2D eigenvalue weighted by Crippen LogP contribution is -2.48. The van der Waals surface area contributed by atoms with E-state index in [9.17, 15) is 4.79 Å². The van der Waals surface area contributed by atoms with Crippen molar-refractivity contribution < 1.29 is 9.53 Å². The van der Waals surface area contributed by atoms with Crippen LogP contribution >= 0.6 is 12.2 Å². The Morgan fingerprint density at radius 3 is 2.72 bits per heavy atom. The predicted molar refractivity (Wildman–Crippen MR) is 113 cm³/mol. The Balaban J connectivity index is 1.34. The minimum absolute atomic E-state index is 0.183. The minimum atomic E-state index is -0.213. The first-order valence-electron chi connectivity index (χ1n) is 10.4. The topological polar surface area (TPSA) is 93.1 Å². The summed E-state index contributed by atoms with van der Waals surface area (Å²) in [5.74, 6) is 0.670. The van der Waals surface area contributed by atoms with Gasteiger partial charge in [-0.1, -0.05) is 0 Å². The molecule has 0 bridgehead atoms. The molecule has 1 saturated heterocycles. The van der Waals surface area contributed by atoms with Gasteiger partial charge in [-0.25, -0.2) is 4.98 Å². The number of ether oxygens (including phenoxy) is 1. The Morgan fingerprint density at radius 2 is 2.03 bits per heavy atom. The Labute approximate surface area is 174 Å². The highest BCUT2D eigenvalue weighted by Crippen LogP contribution is 2.45. The van der Waals surface area contributed by atoms with Gasteiger partial charge >= 0.3 is 0 Å². The van der Waals surface area contributed by atoms with E-state index in [-0.39, 0.29) is 12.0 Å². The van der Waals surface area contributed by atoms with Crippen LogP contribution in [0.3, 0.4) is 0 Å². The lowest BCUT2D eigenvalue weighted by molar-refractivity contribution is 0.0944. The van der Waals surface area contributed by atoms with E-state index in [2.05, 4.69) is 21.3 Å². The van der Waals surface area contributed by atoms with Crippen LogP contribution in [0.1, 0.15) is 72.1 Å². The average Bonchev–Trinajstić information content (AvgIpc) is 3.66. The minimum Gasteiger partial charge on any atom is -0.376 e. The quantitative estimate of drug-likeness (QED) is 0.509. The molecule has 3 fully saturated rings. The molecule has 1 unspecified atom stereocenters. The summed E-state index contributed by atoms with van der Waals surface area (Å²) in [5.41, 5.74) is 8.96. The summed E-state index contributed by atoms with van der Waals surface area (Å²) in [5, 5.41) is 9.05. The smallest absolute Gasteiger partial charge is 0.270 e. The Hall–Kier alpha value is -2.26. The number of hydrogen-bond donors (Lipinski definition) is 3. The SMILES string of the molecule is Cn1nc(C2CC2)c2c(C(=O)NNC(=S)NCC3CCCO3)cc(C3CC3)nc21. The van der Waals surface area contributed by atoms with E-state index in [4.69, 9.17) is 21.9 Å². The number of aromatic nitrogens is 3. The summed E-state index contributed by atoms with van der Waals surface area (Å²) < 4.78 is 7.39. The number of aryl methyl sites for hydroxylation is 1. The number of fused-ring (bicyclic) bond motifs is 1. The number of carbonyl (C=O) groups is 1. The van der Waals surface area contributed by atoms with Crippen molar-refractivity contribution in [2.75, 3.05) is 13.2 Å². The second-order valence-electron chi connectivity index (χ2n) is 8.27. The highest BCUT2D eigenvalue weighted by atomic mass is 32.1. The van der Waals surface area contributed by atoms with Gasteiger partial charge in [-0.2, -0.15) is 5.10 Å². The van der Waals surface area contributed by atoms with Crippen LogP contribution in [0.2, 0.25) is 0 Å². The monoisotopic (exact) mass is 414 g/mol. The second kappa shape index (κ2) is 7.53. The first-order valence-corrected chi connectivity index (χ1v) is 10.8. The molecule has 2 aromatic heterocycles. The van der Waals surface area contributed by atoms with Gasteiger partial charge in [0.05, 0.1) is 22.7 Å². The lowest BCUT2D eigenvalue weighted by Gasteiger charge is -2.15. The zero-order chi connectivity index (χ0) is 20.0. The van der Waals surface area contributed by atoms with Crippen LogP contribution in [0.15, 0.2) is 6.07 Å². The summed E-state index contributed by atoms with van der Waals surface area (Å²) in [6.45, 7) is 1.44. The highest BCUT2D eigenvalue weighted by molar-refractivity contribution is 7.80. The first-order chi connectivity index (χ1) is 14.1. The van der Waals surface area contributed by atoms with Crippen molar-refractivity contribution in [2.45, 2.75) is 56.5 Å². The van der Waals surface area contributed by atoms with Gasteiger partial charge in [-0.05, 0) is 56.8 Å². The molecule has 3 aliphatic rings. The number of thiocarbonyl (C=S) groups is 1. The Kier molecular flexibility index (Phi) is 4.87. The molecule has 0 spiro atoms. The maximum atomic E-state index is 13.1. The van der Waals surface area contributed by atoms with Crippen LogP contribution in [-0.4, -0.2) is 45.0 Å². The number of pyridine rings is 1. The Bertz CT molecular complexity index is 960. The zero-order valence-corrected chi connectivity index (χ0v) is 17.3. The molecule has 29 heavy (non-hydrogen) atoms. The van der Waals surface area contributed by atoms with Crippen molar-refractivity contribution in [3.8, 4) is 0 Å². The van der Waals surface area contributed by atoms with Gasteiger partial charge in [0.25, 0.3) is 5.91 Å². The fourth-order valence-corrected chi connectivity index (χ4v) is 4.08. The Morgan fingerprint density at radius 1 is 1.24 bits per heavy atom. The third-order valence-corrected chi connectivity index (χ3v) is 6.10. The normalized spacial score (nSPS) is 21.3. The van der Waals surface area contributed by atoms with Gasteiger partial charge in [-0.15, -0.1) is 0 Å². The molecule has 2 saturated carbocycles. The summed E-state index contributed by atoms with van der Waals surface area (Å²) in [7, 11) is 1.90. The molecular weight excluding hydrogens is 388 g/mol. The number of rotatable bonds is 5. The largest absolute Gasteiger partial charge is 0.376 e. The van der Waals surface area contributed by atoms with E-state index in [1.165, 1.54) is 0 Å². The van der Waals surface area contributed by atoms with Crippen LogP contribution in [0, 0.1) is 0 Å². The van der Waals surface area contributed by atoms with Crippen molar-refractivity contribution >= 4 is 34.3 Å². The molecule has 154 valence electrons. The number of hydrogen-bond acceptors (Lipinski definition) is 5. The van der Waals surface area contributed by atoms with Crippen LogP contribution in [-0.2, 0) is 11.8 Å². The molecule has 5 rings (SSSR count). The van der Waals surface area contributed by atoms with Gasteiger partial charge in [0, 0.05) is 37.7 Å². The van der Waals surface area contributed by atoms with E-state index in [1.807, 2.05) is 17.8 Å². The molecule has 3 N–H and O–H groups in total. The van der Waals surface area contributed by atoms with Crippen molar-refractivity contribution in [3.63, 3.8) is 0 Å². The van der Waals surface area contributed by atoms with E-state index >= 15 is 0 Å². The van der Waals surface area contributed by atoms with Gasteiger partial charge in [0.1, 0.15) is 0 Å². The van der Waals surface area contributed by atoms with Gasteiger partial charge in [0.2, 0.25) is 0 Å². The van der Waals surface area contributed by atoms with Crippen LogP contribution in [0.25, 0.3) is 11.0 Å². The molecule has 0 radical (unpaired) electrons. The summed E-state index contributed by atoms with van der Waals surface area (Å²) in [6.07, 6.45) is 6.79. The fourth-order valence-electron chi connectivity index (χ4n) is 3.94. The molecule has 3 heterocycles. The number of carbonyl (C=O) groups excluding carboxylic acids is 1. The van der Waals surface area contributed by atoms with E-state index < -0.39 is 0 Å². The van der Waals surface area contributed by atoms with Crippen molar-refractivity contribution in [3.05, 3.63) is 23.0 Å². The highest BCUT2D eigenvalue weighted by Gasteiger charge is 2.33. The molecule has 1 aliphatic heterocycles. The van der Waals surface area contributed by atoms with Crippen LogP contribution < -0.4 is 16.2 Å². The molecule has 2 aromatic rings. The summed E-state index contributed by atoms with van der Waals surface area (Å²) in [6, 6.07) is 1.94. The van der Waals surface area contributed by atoms with Gasteiger partial charge < -0.3 is 10.1 Å². The fraction of sp³-hybridized carbons (Fsp3) is 0.600. The molecular formula is C20H26N6O2S. The first kappa shape index (κ1) is 18.7. The van der Waals surface area contributed by atoms with Gasteiger partial charge in [-0.3, -0.25) is 20.3 Å². The average molecular weight is 415 g/mol. The number of amides is 1. The van der Waals surface area contributed by atoms with Crippen molar-refractivity contribution in [2.24, 2.45) is 7.05 Å². The molecule has 8 nitrogen and oxygen atoms in total. The third-order valence-electron chi connectivity index (χ3n) is 5.85. The maximum Gasteiger partial charge on any atom is 0.270 e. The third kappa shape index (κ3) is 3.93.